The number of amides is 2. The second kappa shape index (κ2) is 12.7. The number of nitrogens with zero attached hydrogens (tertiary/aromatic N) is 4. The molecule has 1 aliphatic rings. The number of nitrogens with one attached hydrogen (secondary N) is 2. The van der Waals surface area contributed by atoms with Gasteiger partial charge < -0.3 is 14.8 Å². The van der Waals surface area contributed by atoms with Crippen molar-refractivity contribution in [3.05, 3.63) is 57.3 Å². The van der Waals surface area contributed by atoms with E-state index in [9.17, 15) is 23.6 Å². The highest BCUT2D eigenvalue weighted by Gasteiger charge is 2.32. The van der Waals surface area contributed by atoms with E-state index in [1.165, 1.54) is 12.1 Å². The van der Waals surface area contributed by atoms with Gasteiger partial charge in [0.05, 0.1) is 26.8 Å². The largest absolute Gasteiger partial charge is 0.336 e. The first kappa shape index (κ1) is 31.3. The van der Waals surface area contributed by atoms with Gasteiger partial charge in [-0.15, -0.1) is 11.3 Å². The fourth-order valence-corrected chi connectivity index (χ4v) is 5.60. The number of allylic oxidation sites excluding steroid dienone is 1. The van der Waals surface area contributed by atoms with E-state index in [0.717, 1.165) is 22.4 Å². The Bertz CT molecular complexity index is 1530. The number of aromatic nitrogens is 2. The maximum absolute atomic E-state index is 13.1. The zero-order valence-electron chi connectivity index (χ0n) is 24.9. The third-order valence-corrected chi connectivity index (χ3v) is 8.71. The predicted molar refractivity (Wildman–Crippen MR) is 161 cm³/mol. The fraction of sp³-hybridized carbons (Fsp3) is 0.484. The van der Waals surface area contributed by atoms with Gasteiger partial charge in [-0.25, -0.2) is 13.8 Å². The highest BCUT2D eigenvalue weighted by molar-refractivity contribution is 7.14. The van der Waals surface area contributed by atoms with Crippen LogP contribution in [0.4, 0.5) is 14.7 Å². The number of nitriles is 1. The van der Waals surface area contributed by atoms with E-state index in [2.05, 4.69) is 38.3 Å². The van der Waals surface area contributed by atoms with Crippen LogP contribution in [0.3, 0.4) is 0 Å². The average molecular weight is 597 g/mol. The van der Waals surface area contributed by atoms with E-state index in [-0.39, 0.29) is 50.6 Å². The lowest BCUT2D eigenvalue weighted by Gasteiger charge is -2.28. The van der Waals surface area contributed by atoms with E-state index < -0.39 is 12.3 Å². The monoisotopic (exact) mass is 596 g/mol. The van der Waals surface area contributed by atoms with Gasteiger partial charge in [-0.2, -0.15) is 5.26 Å². The van der Waals surface area contributed by atoms with Crippen molar-refractivity contribution in [2.45, 2.75) is 73.0 Å². The molecule has 4 rings (SSSR count). The Morgan fingerprint density at radius 2 is 1.95 bits per heavy atom. The Hall–Kier alpha value is -3.62. The summed E-state index contributed by atoms with van der Waals surface area (Å²) in [4.78, 5) is 32.6. The predicted octanol–water partition coefficient (Wildman–Crippen LogP) is 6.69. The van der Waals surface area contributed by atoms with Crippen LogP contribution in [0, 0.1) is 22.7 Å². The van der Waals surface area contributed by atoms with Gasteiger partial charge in [0, 0.05) is 25.7 Å². The number of halogens is 2. The van der Waals surface area contributed by atoms with Crippen molar-refractivity contribution in [2.75, 3.05) is 18.4 Å². The summed E-state index contributed by atoms with van der Waals surface area (Å²) in [7, 11) is 0. The summed E-state index contributed by atoms with van der Waals surface area (Å²) in [5.41, 5.74) is 2.70. The lowest BCUT2D eigenvalue weighted by Crippen LogP contribution is -2.37. The Balaban J connectivity index is 1.66. The molecule has 0 bridgehead atoms. The first-order chi connectivity index (χ1) is 19.8. The van der Waals surface area contributed by atoms with Crippen LogP contribution >= 0.6 is 11.3 Å². The van der Waals surface area contributed by atoms with Gasteiger partial charge in [0.15, 0.2) is 0 Å². The summed E-state index contributed by atoms with van der Waals surface area (Å²) in [6, 6.07) is 10.7. The Kier molecular flexibility index (Phi) is 9.48. The van der Waals surface area contributed by atoms with Crippen LogP contribution in [-0.2, 0) is 11.3 Å². The third-order valence-electron chi connectivity index (χ3n) is 7.62. The lowest BCUT2D eigenvalue weighted by molar-refractivity contribution is -0.125. The van der Waals surface area contributed by atoms with Crippen LogP contribution in [0.5, 0.6) is 0 Å². The fourth-order valence-electron chi connectivity index (χ4n) is 4.84. The first-order valence-corrected chi connectivity index (χ1v) is 14.9. The molecule has 0 unspecified atom stereocenters. The van der Waals surface area contributed by atoms with E-state index in [1.807, 2.05) is 42.7 Å². The number of benzene rings is 1. The smallest absolute Gasteiger partial charge is 0.272 e. The summed E-state index contributed by atoms with van der Waals surface area (Å²) in [6.45, 7) is 13.9. The SMILES string of the molecule is CC(C)/C=C(\C#N)C(=O)N1CC[C@@H](n2c(NC(=O)c3ccc(C(F)F)s3)nc3cc(CN[C@@H](C)C(C)(C)C)ccc32)C1. The van der Waals surface area contributed by atoms with E-state index >= 15 is 0 Å². The first-order valence-electron chi connectivity index (χ1n) is 14.1. The number of fused-ring (bicyclic) bond motifs is 1. The quantitative estimate of drug-likeness (QED) is 0.212. The zero-order chi connectivity index (χ0) is 30.8. The standard InChI is InChI=1S/C31H38F2N6O2S/c1-18(2)13-21(15-34)29(41)38-12-11-22(17-38)39-24-8-7-20(16-35-19(3)31(4,5)6)14-23(24)36-30(39)37-28(40)26-10-9-25(42-26)27(32)33/h7-10,13-14,18-19,22,27,35H,11-12,16-17H2,1-6H3,(H,36,37,40)/b21-13+/t19-,22+/m0/s1. The van der Waals surface area contributed by atoms with Gasteiger partial charge in [-0.1, -0.05) is 46.8 Å². The molecule has 3 heterocycles. The highest BCUT2D eigenvalue weighted by Crippen LogP contribution is 2.33. The number of thiophene rings is 1. The number of imidazole rings is 1. The summed E-state index contributed by atoms with van der Waals surface area (Å²) in [6.07, 6.45) is -0.390. The molecule has 0 saturated carbocycles. The topological polar surface area (TPSA) is 103 Å². The van der Waals surface area contributed by atoms with Gasteiger partial charge >= 0.3 is 0 Å². The van der Waals surface area contributed by atoms with Crippen LogP contribution in [0.25, 0.3) is 11.0 Å². The van der Waals surface area contributed by atoms with Crippen LogP contribution < -0.4 is 10.6 Å². The number of hydrogen-bond donors (Lipinski definition) is 2. The summed E-state index contributed by atoms with van der Waals surface area (Å²) in [5.74, 6) is -0.503. The minimum absolute atomic E-state index is 0.0549. The van der Waals surface area contributed by atoms with Crippen molar-refractivity contribution < 1.29 is 18.4 Å². The van der Waals surface area contributed by atoms with Crippen molar-refractivity contribution in [1.29, 1.82) is 5.26 Å². The lowest BCUT2D eigenvalue weighted by atomic mass is 9.88. The molecule has 2 aromatic heterocycles. The molecule has 2 N–H and O–H groups in total. The van der Waals surface area contributed by atoms with E-state index in [1.54, 1.807) is 11.0 Å². The molecule has 42 heavy (non-hydrogen) atoms. The molecular weight excluding hydrogens is 558 g/mol. The molecular formula is C31H38F2N6O2S. The molecule has 2 atom stereocenters. The molecule has 11 heteroatoms. The van der Waals surface area contributed by atoms with E-state index in [4.69, 9.17) is 4.98 Å². The Morgan fingerprint density at radius 3 is 2.57 bits per heavy atom. The maximum atomic E-state index is 13.1. The third kappa shape index (κ3) is 7.05. The number of carbonyl (C=O) groups is 2. The van der Waals surface area contributed by atoms with Crippen molar-refractivity contribution in [1.82, 2.24) is 19.8 Å². The number of likely N-dealkylation sites (tertiary alicyclic amines) is 1. The zero-order valence-corrected chi connectivity index (χ0v) is 25.7. The molecule has 1 aliphatic heterocycles. The molecule has 0 radical (unpaired) electrons. The molecule has 8 nitrogen and oxygen atoms in total. The normalized spacial score (nSPS) is 16.8. The van der Waals surface area contributed by atoms with Gasteiger partial charge in [-0.05, 0) is 54.5 Å². The van der Waals surface area contributed by atoms with Crippen LogP contribution in [0.1, 0.15) is 80.5 Å². The summed E-state index contributed by atoms with van der Waals surface area (Å²) in [5, 5.41) is 15.9. The van der Waals surface area contributed by atoms with Crippen LogP contribution in [-0.4, -0.2) is 45.4 Å². The van der Waals surface area contributed by atoms with Gasteiger partial charge in [0.1, 0.15) is 11.6 Å². The molecule has 2 amide bonds. The van der Waals surface area contributed by atoms with Crippen molar-refractivity contribution >= 4 is 40.1 Å². The Morgan fingerprint density at radius 1 is 1.21 bits per heavy atom. The number of anilines is 1. The number of rotatable bonds is 9. The van der Waals surface area contributed by atoms with Crippen LogP contribution in [0.2, 0.25) is 0 Å². The number of hydrogen-bond acceptors (Lipinski definition) is 6. The molecule has 1 fully saturated rings. The molecule has 1 saturated heterocycles. The van der Waals surface area contributed by atoms with Gasteiger partial charge in [-0.3, -0.25) is 14.9 Å². The molecule has 224 valence electrons. The summed E-state index contributed by atoms with van der Waals surface area (Å²) >= 11 is 0.745. The van der Waals surface area contributed by atoms with Crippen molar-refractivity contribution in [2.24, 2.45) is 11.3 Å². The minimum Gasteiger partial charge on any atom is -0.336 e. The molecule has 0 aliphatic carbocycles. The minimum atomic E-state index is -2.65. The molecule has 0 spiro atoms. The highest BCUT2D eigenvalue weighted by atomic mass is 32.1. The summed E-state index contributed by atoms with van der Waals surface area (Å²) < 4.78 is 28.2. The van der Waals surface area contributed by atoms with E-state index in [0.29, 0.717) is 31.6 Å². The maximum Gasteiger partial charge on any atom is 0.272 e. The second-order valence-corrected chi connectivity index (χ2v) is 13.3. The van der Waals surface area contributed by atoms with Gasteiger partial charge in [0.25, 0.3) is 18.2 Å². The average Bonchev–Trinajstić information content (AvgIpc) is 3.67. The van der Waals surface area contributed by atoms with Crippen molar-refractivity contribution in [3.63, 3.8) is 0 Å². The van der Waals surface area contributed by atoms with Crippen LogP contribution in [0.15, 0.2) is 42.0 Å². The van der Waals surface area contributed by atoms with Gasteiger partial charge in [0.2, 0.25) is 5.95 Å². The number of alkyl halides is 2. The Labute approximate surface area is 249 Å². The van der Waals surface area contributed by atoms with Crippen molar-refractivity contribution in [3.8, 4) is 6.07 Å². The molecule has 1 aromatic carbocycles. The second-order valence-electron chi connectivity index (χ2n) is 12.2. The molecule has 3 aromatic rings. The number of carbonyl (C=O) groups excluding carboxylic acids is 2.